The predicted molar refractivity (Wildman–Crippen MR) is 61.8 cm³/mol. The van der Waals surface area contributed by atoms with E-state index in [1.165, 1.54) is 25.9 Å². The lowest BCUT2D eigenvalue weighted by molar-refractivity contribution is -0.120. The van der Waals surface area contributed by atoms with Gasteiger partial charge in [0.05, 0.1) is 0 Å². The Morgan fingerprint density at radius 3 is 2.53 bits per heavy atom. The summed E-state index contributed by atoms with van der Waals surface area (Å²) in [4.78, 5) is 13.5. The van der Waals surface area contributed by atoms with Crippen LogP contribution in [-0.4, -0.2) is 50.6 Å². The molecule has 0 spiro atoms. The third-order valence-corrected chi connectivity index (χ3v) is 3.15. The van der Waals surface area contributed by atoms with E-state index in [1.54, 1.807) is 7.05 Å². The molecule has 15 heavy (non-hydrogen) atoms. The van der Waals surface area contributed by atoms with Crippen LogP contribution in [0.5, 0.6) is 0 Å². The van der Waals surface area contributed by atoms with Gasteiger partial charge in [0.25, 0.3) is 0 Å². The maximum Gasteiger partial charge on any atom is 0.219 e. The van der Waals surface area contributed by atoms with Crippen molar-refractivity contribution in [2.45, 2.75) is 31.7 Å². The first-order valence-electron chi connectivity index (χ1n) is 5.86. The monoisotopic (exact) mass is 213 g/mol. The summed E-state index contributed by atoms with van der Waals surface area (Å²) in [5.74, 6) is 0.153. The fourth-order valence-electron chi connectivity index (χ4n) is 2.03. The SMILES string of the molecule is CNC(=O)CCCN1CCC(NC)CC1. The fourth-order valence-corrected chi connectivity index (χ4v) is 2.03. The molecule has 1 amide bonds. The molecule has 2 N–H and O–H groups in total. The number of carbonyl (C=O) groups is 1. The van der Waals surface area contributed by atoms with E-state index in [0.717, 1.165) is 13.0 Å². The Balaban J connectivity index is 2.06. The quantitative estimate of drug-likeness (QED) is 0.685. The van der Waals surface area contributed by atoms with Crippen molar-refractivity contribution in [2.75, 3.05) is 33.7 Å². The largest absolute Gasteiger partial charge is 0.359 e. The molecule has 0 aromatic heterocycles. The van der Waals surface area contributed by atoms with Crippen LogP contribution >= 0.6 is 0 Å². The zero-order chi connectivity index (χ0) is 11.1. The van der Waals surface area contributed by atoms with Gasteiger partial charge in [0.2, 0.25) is 5.91 Å². The van der Waals surface area contributed by atoms with Crippen molar-refractivity contribution in [2.24, 2.45) is 0 Å². The van der Waals surface area contributed by atoms with Crippen LogP contribution in [0.2, 0.25) is 0 Å². The van der Waals surface area contributed by atoms with Crippen LogP contribution in [0.15, 0.2) is 0 Å². The molecule has 0 atom stereocenters. The molecular weight excluding hydrogens is 190 g/mol. The highest BCUT2D eigenvalue weighted by molar-refractivity contribution is 5.75. The van der Waals surface area contributed by atoms with E-state index < -0.39 is 0 Å². The van der Waals surface area contributed by atoms with Gasteiger partial charge >= 0.3 is 0 Å². The summed E-state index contributed by atoms with van der Waals surface area (Å²) in [5.41, 5.74) is 0. The molecule has 4 nitrogen and oxygen atoms in total. The van der Waals surface area contributed by atoms with Gasteiger partial charge in [-0.25, -0.2) is 0 Å². The normalized spacial score (nSPS) is 19.1. The standard InChI is InChI=1S/C11H23N3O/c1-12-10-5-8-14(9-6-10)7-3-4-11(15)13-2/h10,12H,3-9H2,1-2H3,(H,13,15). The van der Waals surface area contributed by atoms with Crippen molar-refractivity contribution in [1.82, 2.24) is 15.5 Å². The molecule has 0 aromatic carbocycles. The van der Waals surface area contributed by atoms with Crippen LogP contribution in [0, 0.1) is 0 Å². The van der Waals surface area contributed by atoms with E-state index in [4.69, 9.17) is 0 Å². The van der Waals surface area contributed by atoms with Gasteiger partial charge in [-0.3, -0.25) is 4.79 Å². The minimum atomic E-state index is 0.153. The van der Waals surface area contributed by atoms with Gasteiger partial charge in [-0.15, -0.1) is 0 Å². The maximum atomic E-state index is 11.0. The first-order chi connectivity index (χ1) is 7.26. The summed E-state index contributed by atoms with van der Waals surface area (Å²) in [6.07, 6.45) is 4.10. The third-order valence-electron chi connectivity index (χ3n) is 3.15. The van der Waals surface area contributed by atoms with E-state index in [0.29, 0.717) is 12.5 Å². The second-order valence-corrected chi connectivity index (χ2v) is 4.18. The molecule has 0 unspecified atom stereocenters. The first-order valence-corrected chi connectivity index (χ1v) is 5.86. The highest BCUT2D eigenvalue weighted by Gasteiger charge is 2.16. The molecule has 0 aromatic rings. The zero-order valence-corrected chi connectivity index (χ0v) is 9.88. The molecular formula is C11H23N3O. The molecule has 0 bridgehead atoms. The topological polar surface area (TPSA) is 44.4 Å². The smallest absolute Gasteiger partial charge is 0.219 e. The summed E-state index contributed by atoms with van der Waals surface area (Å²) in [6.45, 7) is 3.39. The number of carbonyl (C=O) groups excluding carboxylic acids is 1. The molecule has 1 aliphatic heterocycles. The number of hydrogen-bond donors (Lipinski definition) is 2. The van der Waals surface area contributed by atoms with Crippen molar-refractivity contribution in [3.8, 4) is 0 Å². The molecule has 0 saturated carbocycles. The third kappa shape index (κ3) is 4.62. The van der Waals surface area contributed by atoms with Crippen molar-refractivity contribution in [1.29, 1.82) is 0 Å². The first kappa shape index (κ1) is 12.5. The molecule has 1 heterocycles. The van der Waals surface area contributed by atoms with Crippen LogP contribution in [0.3, 0.4) is 0 Å². The van der Waals surface area contributed by atoms with Crippen molar-refractivity contribution < 1.29 is 4.79 Å². The van der Waals surface area contributed by atoms with Gasteiger partial charge in [-0.05, 0) is 45.9 Å². The maximum absolute atomic E-state index is 11.0. The Morgan fingerprint density at radius 2 is 2.00 bits per heavy atom. The summed E-state index contributed by atoms with van der Waals surface area (Å²) in [7, 11) is 3.73. The van der Waals surface area contributed by atoms with Crippen molar-refractivity contribution >= 4 is 5.91 Å². The van der Waals surface area contributed by atoms with Crippen LogP contribution in [0.1, 0.15) is 25.7 Å². The Morgan fingerprint density at radius 1 is 1.33 bits per heavy atom. The van der Waals surface area contributed by atoms with Crippen LogP contribution in [0.25, 0.3) is 0 Å². The predicted octanol–water partition coefficient (Wildman–Crippen LogP) is 0.196. The second-order valence-electron chi connectivity index (χ2n) is 4.18. The number of hydrogen-bond acceptors (Lipinski definition) is 3. The molecule has 1 aliphatic rings. The van der Waals surface area contributed by atoms with Crippen LogP contribution < -0.4 is 10.6 Å². The zero-order valence-electron chi connectivity index (χ0n) is 9.88. The van der Waals surface area contributed by atoms with Gasteiger partial charge < -0.3 is 15.5 Å². The summed E-state index contributed by atoms with van der Waals surface area (Å²) < 4.78 is 0. The molecule has 1 saturated heterocycles. The van der Waals surface area contributed by atoms with Gasteiger partial charge in [0.1, 0.15) is 0 Å². The van der Waals surface area contributed by atoms with Gasteiger partial charge in [0, 0.05) is 19.5 Å². The highest BCUT2D eigenvalue weighted by atomic mass is 16.1. The van der Waals surface area contributed by atoms with Crippen LogP contribution in [0.4, 0.5) is 0 Å². The molecule has 88 valence electrons. The van der Waals surface area contributed by atoms with Crippen molar-refractivity contribution in [3.05, 3.63) is 0 Å². The van der Waals surface area contributed by atoms with Crippen LogP contribution in [-0.2, 0) is 4.79 Å². The number of nitrogens with zero attached hydrogens (tertiary/aromatic N) is 1. The van der Waals surface area contributed by atoms with E-state index in [2.05, 4.69) is 15.5 Å². The Bertz CT molecular complexity index is 188. The van der Waals surface area contributed by atoms with Gasteiger partial charge in [0.15, 0.2) is 0 Å². The minimum Gasteiger partial charge on any atom is -0.359 e. The van der Waals surface area contributed by atoms with Gasteiger partial charge in [-0.1, -0.05) is 0 Å². The Hall–Kier alpha value is -0.610. The average Bonchev–Trinajstić information content (AvgIpc) is 2.29. The summed E-state index contributed by atoms with van der Waals surface area (Å²) >= 11 is 0. The molecule has 4 heteroatoms. The lowest BCUT2D eigenvalue weighted by Crippen LogP contribution is -2.41. The second kappa shape index (κ2) is 6.80. The number of nitrogens with one attached hydrogen (secondary N) is 2. The Labute approximate surface area is 92.4 Å². The number of amides is 1. The highest BCUT2D eigenvalue weighted by Crippen LogP contribution is 2.10. The van der Waals surface area contributed by atoms with E-state index >= 15 is 0 Å². The number of rotatable bonds is 5. The van der Waals surface area contributed by atoms with E-state index in [-0.39, 0.29) is 5.91 Å². The molecule has 0 aliphatic carbocycles. The Kier molecular flexibility index (Phi) is 5.65. The van der Waals surface area contributed by atoms with E-state index in [9.17, 15) is 4.79 Å². The summed E-state index contributed by atoms with van der Waals surface area (Å²) in [6, 6.07) is 0.695. The number of likely N-dealkylation sites (tertiary alicyclic amines) is 1. The molecule has 1 fully saturated rings. The lowest BCUT2D eigenvalue weighted by Gasteiger charge is -2.31. The fraction of sp³-hybridized carbons (Fsp3) is 0.909. The van der Waals surface area contributed by atoms with Crippen molar-refractivity contribution in [3.63, 3.8) is 0 Å². The lowest BCUT2D eigenvalue weighted by atomic mass is 10.1. The summed E-state index contributed by atoms with van der Waals surface area (Å²) in [5, 5.41) is 5.97. The number of piperidine rings is 1. The molecule has 0 radical (unpaired) electrons. The van der Waals surface area contributed by atoms with Gasteiger partial charge in [-0.2, -0.15) is 0 Å². The molecule has 1 rings (SSSR count). The average molecular weight is 213 g/mol. The minimum absolute atomic E-state index is 0.153. The van der Waals surface area contributed by atoms with E-state index in [1.807, 2.05) is 7.05 Å².